The number of oxazole rings is 1. The fourth-order valence-electron chi connectivity index (χ4n) is 5.75. The first-order valence-corrected chi connectivity index (χ1v) is 14.5. The quantitative estimate of drug-likeness (QED) is 0.198. The molecule has 218 valence electrons. The number of ether oxygens (including phenoxy) is 1. The molecule has 2 aromatic carbocycles. The molecule has 0 radical (unpaired) electrons. The summed E-state index contributed by atoms with van der Waals surface area (Å²) in [6.07, 6.45) is 6.59. The first-order valence-electron chi connectivity index (χ1n) is 14.1. The Labute approximate surface area is 251 Å². The lowest BCUT2D eigenvalue weighted by Crippen LogP contribution is -2.33. The molecule has 0 spiro atoms. The summed E-state index contributed by atoms with van der Waals surface area (Å²) in [6.45, 7) is 3.15. The molecule has 1 saturated heterocycles. The Morgan fingerprint density at radius 3 is 2.74 bits per heavy atom. The van der Waals surface area contributed by atoms with Crippen LogP contribution in [-0.2, 0) is 19.7 Å². The molecule has 0 atom stereocenters. The average molecular weight is 598 g/mol. The van der Waals surface area contributed by atoms with Gasteiger partial charge in [-0.05, 0) is 62.3 Å². The Hall–Kier alpha value is -4.67. The van der Waals surface area contributed by atoms with Gasteiger partial charge in [0.15, 0.2) is 6.39 Å². The lowest BCUT2D eigenvalue weighted by molar-refractivity contribution is 0.0697. The van der Waals surface area contributed by atoms with Crippen molar-refractivity contribution in [3.05, 3.63) is 107 Å². The number of aromatic carboxylic acids is 1. The molecule has 0 bridgehead atoms. The molecule has 1 aliphatic rings. The van der Waals surface area contributed by atoms with Crippen LogP contribution in [0.25, 0.3) is 22.0 Å². The lowest BCUT2D eigenvalue weighted by atomic mass is 9.93. The van der Waals surface area contributed by atoms with E-state index in [0.717, 1.165) is 65.0 Å². The third-order valence-electron chi connectivity index (χ3n) is 8.01. The molecule has 4 aromatic heterocycles. The summed E-state index contributed by atoms with van der Waals surface area (Å²) < 4.78 is 19.2. The molecule has 7 rings (SSSR count). The Morgan fingerprint density at radius 2 is 1.93 bits per heavy atom. The van der Waals surface area contributed by atoms with Gasteiger partial charge in [0.05, 0.1) is 47.2 Å². The van der Waals surface area contributed by atoms with Crippen molar-refractivity contribution >= 4 is 39.6 Å². The maximum atomic E-state index is 11.6. The van der Waals surface area contributed by atoms with Gasteiger partial charge in [-0.2, -0.15) is 0 Å². The van der Waals surface area contributed by atoms with Crippen molar-refractivity contribution in [2.45, 2.75) is 38.5 Å². The van der Waals surface area contributed by atoms with E-state index >= 15 is 0 Å². The van der Waals surface area contributed by atoms with Gasteiger partial charge in [-0.3, -0.25) is 4.90 Å². The number of pyridine rings is 1. The molecule has 0 amide bonds. The van der Waals surface area contributed by atoms with Gasteiger partial charge in [0.1, 0.15) is 23.8 Å². The number of hydrogen-bond acceptors (Lipinski definition) is 8. The minimum absolute atomic E-state index is 0.222. The number of aromatic nitrogens is 4. The van der Waals surface area contributed by atoms with E-state index in [1.807, 2.05) is 34.9 Å². The highest BCUT2D eigenvalue weighted by atomic mass is 35.5. The second-order valence-electron chi connectivity index (χ2n) is 10.7. The van der Waals surface area contributed by atoms with Gasteiger partial charge < -0.3 is 23.2 Å². The van der Waals surface area contributed by atoms with Crippen molar-refractivity contribution in [2.24, 2.45) is 0 Å². The minimum atomic E-state index is -0.971. The SMILES string of the molecule is O=C(O)c1ccc2nc(CN3CCC(c4cccc(OCc5ccc(Cl)c6ccoc56)n4)CC3)n(Cc3cnco3)c2c1. The second kappa shape index (κ2) is 11.5. The Kier molecular flexibility index (Phi) is 7.30. The Balaban J connectivity index is 1.03. The summed E-state index contributed by atoms with van der Waals surface area (Å²) in [5.41, 5.74) is 4.40. The largest absolute Gasteiger partial charge is 0.478 e. The van der Waals surface area contributed by atoms with Gasteiger partial charge in [-0.25, -0.2) is 19.7 Å². The number of fused-ring (bicyclic) bond motifs is 2. The molecule has 43 heavy (non-hydrogen) atoms. The summed E-state index contributed by atoms with van der Waals surface area (Å²) in [7, 11) is 0. The second-order valence-corrected chi connectivity index (χ2v) is 11.1. The summed E-state index contributed by atoms with van der Waals surface area (Å²) in [6, 6.07) is 16.6. The molecule has 6 aromatic rings. The summed E-state index contributed by atoms with van der Waals surface area (Å²) in [4.78, 5) is 27.7. The van der Waals surface area contributed by atoms with Crippen LogP contribution in [0.3, 0.4) is 0 Å². The van der Waals surface area contributed by atoms with Crippen LogP contribution in [0.5, 0.6) is 5.88 Å². The monoisotopic (exact) mass is 597 g/mol. The maximum absolute atomic E-state index is 11.6. The first-order chi connectivity index (χ1) is 21.0. The molecule has 0 aliphatic carbocycles. The molecule has 1 N–H and O–H groups in total. The van der Waals surface area contributed by atoms with Crippen molar-refractivity contribution in [1.82, 2.24) is 24.4 Å². The molecule has 11 heteroatoms. The number of likely N-dealkylation sites (tertiary alicyclic amines) is 1. The first kappa shape index (κ1) is 27.2. The van der Waals surface area contributed by atoms with Gasteiger partial charge in [-0.1, -0.05) is 23.7 Å². The van der Waals surface area contributed by atoms with E-state index in [1.165, 1.54) is 6.39 Å². The van der Waals surface area contributed by atoms with E-state index in [4.69, 9.17) is 35.1 Å². The number of furan rings is 1. The van der Waals surface area contributed by atoms with Gasteiger partial charge >= 0.3 is 5.97 Å². The number of carboxylic acid groups (broad SMARTS) is 1. The zero-order valence-corrected chi connectivity index (χ0v) is 23.9. The predicted molar refractivity (Wildman–Crippen MR) is 159 cm³/mol. The van der Waals surface area contributed by atoms with Gasteiger partial charge in [0.2, 0.25) is 5.88 Å². The van der Waals surface area contributed by atoms with E-state index in [0.29, 0.717) is 42.3 Å². The topological polar surface area (TPSA) is 120 Å². The highest BCUT2D eigenvalue weighted by molar-refractivity contribution is 6.35. The van der Waals surface area contributed by atoms with Crippen molar-refractivity contribution < 1.29 is 23.5 Å². The molecule has 0 unspecified atom stereocenters. The van der Waals surface area contributed by atoms with Crippen LogP contribution in [-0.4, -0.2) is 48.6 Å². The van der Waals surface area contributed by atoms with E-state index in [1.54, 1.807) is 30.7 Å². The van der Waals surface area contributed by atoms with Gasteiger partial charge in [0, 0.05) is 28.6 Å². The molecule has 5 heterocycles. The summed E-state index contributed by atoms with van der Waals surface area (Å²) in [5.74, 6) is 1.46. The van der Waals surface area contributed by atoms with Crippen LogP contribution in [0.2, 0.25) is 5.02 Å². The van der Waals surface area contributed by atoms with Crippen LogP contribution >= 0.6 is 11.6 Å². The molecular weight excluding hydrogens is 570 g/mol. The van der Waals surface area contributed by atoms with Crippen molar-refractivity contribution in [3.63, 3.8) is 0 Å². The van der Waals surface area contributed by atoms with Crippen molar-refractivity contribution in [1.29, 1.82) is 0 Å². The van der Waals surface area contributed by atoms with Gasteiger partial charge in [-0.15, -0.1) is 0 Å². The predicted octanol–water partition coefficient (Wildman–Crippen LogP) is 6.52. The number of carboxylic acids is 1. The number of imidazole rings is 1. The summed E-state index contributed by atoms with van der Waals surface area (Å²) in [5, 5.41) is 11.1. The van der Waals surface area contributed by atoms with Crippen LogP contribution in [0.1, 0.15) is 52.0 Å². The van der Waals surface area contributed by atoms with Crippen molar-refractivity contribution in [3.8, 4) is 5.88 Å². The number of rotatable bonds is 9. The number of carbonyl (C=O) groups is 1. The molecule has 1 fully saturated rings. The normalized spacial score (nSPS) is 14.5. The van der Waals surface area contributed by atoms with E-state index in [9.17, 15) is 9.90 Å². The highest BCUT2D eigenvalue weighted by Gasteiger charge is 2.24. The minimum Gasteiger partial charge on any atom is -0.478 e. The standard InChI is InChI=1S/C32H28ClN5O5/c33-25-6-4-22(31-24(25)10-13-41-31)18-42-30-3-1-2-26(36-30)20-8-11-37(12-9-20)17-29-35-27-7-5-21(32(39)40)14-28(27)38(29)16-23-15-34-19-43-23/h1-7,10,13-15,19-20H,8-9,11-12,16-18H2,(H,39,40). The van der Waals surface area contributed by atoms with Crippen molar-refractivity contribution in [2.75, 3.05) is 13.1 Å². The zero-order valence-electron chi connectivity index (χ0n) is 23.1. The number of piperidine rings is 1. The number of hydrogen-bond donors (Lipinski definition) is 1. The van der Waals surface area contributed by atoms with Gasteiger partial charge in [0.25, 0.3) is 0 Å². The molecular formula is C32H28ClN5O5. The average Bonchev–Trinajstić information content (AvgIpc) is 3.79. The van der Waals surface area contributed by atoms with E-state index < -0.39 is 5.97 Å². The Bertz CT molecular complexity index is 1910. The van der Waals surface area contributed by atoms with E-state index in [-0.39, 0.29) is 5.56 Å². The third-order valence-corrected chi connectivity index (χ3v) is 8.34. The third kappa shape index (κ3) is 5.59. The smallest absolute Gasteiger partial charge is 0.335 e. The number of nitrogens with zero attached hydrogens (tertiary/aromatic N) is 5. The van der Waals surface area contributed by atoms with Crippen LogP contribution < -0.4 is 4.74 Å². The maximum Gasteiger partial charge on any atom is 0.335 e. The highest BCUT2D eigenvalue weighted by Crippen LogP contribution is 2.31. The fraction of sp³-hybridized carbons (Fsp3) is 0.250. The zero-order chi connectivity index (χ0) is 29.3. The number of halogens is 1. The van der Waals surface area contributed by atoms with Crippen LogP contribution in [0.15, 0.2) is 82.3 Å². The summed E-state index contributed by atoms with van der Waals surface area (Å²) >= 11 is 6.27. The molecule has 10 nitrogen and oxygen atoms in total. The Morgan fingerprint density at radius 1 is 1.05 bits per heavy atom. The fourth-order valence-corrected chi connectivity index (χ4v) is 5.97. The number of benzene rings is 2. The molecule has 0 saturated carbocycles. The van der Waals surface area contributed by atoms with Crippen LogP contribution in [0, 0.1) is 0 Å². The van der Waals surface area contributed by atoms with E-state index in [2.05, 4.69) is 16.0 Å². The molecule has 1 aliphatic heterocycles. The van der Waals surface area contributed by atoms with Crippen LogP contribution in [0.4, 0.5) is 0 Å². The lowest BCUT2D eigenvalue weighted by Gasteiger charge is -2.31.